The maximum absolute atomic E-state index is 12.4. The minimum atomic E-state index is -3.63. The molecular weight excluding hydrogens is 304 g/mol. The van der Waals surface area contributed by atoms with E-state index in [2.05, 4.69) is 10.0 Å². The highest BCUT2D eigenvalue weighted by molar-refractivity contribution is 7.89. The Morgan fingerprint density at radius 1 is 1.14 bits per heavy atom. The first-order valence-electron chi connectivity index (χ1n) is 7.23. The zero-order chi connectivity index (χ0) is 16.8. The van der Waals surface area contributed by atoms with Gasteiger partial charge < -0.3 is 10.4 Å². The zero-order valence-electron chi connectivity index (χ0n) is 13.3. The van der Waals surface area contributed by atoms with Crippen molar-refractivity contribution in [1.82, 2.24) is 10.0 Å². The predicted molar refractivity (Wildman–Crippen MR) is 85.2 cm³/mol. The van der Waals surface area contributed by atoms with Crippen molar-refractivity contribution in [3.63, 3.8) is 0 Å². The molecule has 0 aliphatic rings. The van der Waals surface area contributed by atoms with Crippen molar-refractivity contribution in [3.05, 3.63) is 28.8 Å². The molecule has 1 amide bonds. The number of nitrogens with one attached hydrogen (secondary N) is 2. The second kappa shape index (κ2) is 8.26. The van der Waals surface area contributed by atoms with Crippen molar-refractivity contribution in [2.75, 3.05) is 19.7 Å². The summed E-state index contributed by atoms with van der Waals surface area (Å²) >= 11 is 0. The highest BCUT2D eigenvalue weighted by atomic mass is 32.2. The van der Waals surface area contributed by atoms with Gasteiger partial charge in [-0.05, 0) is 38.3 Å². The van der Waals surface area contributed by atoms with Crippen LogP contribution in [-0.4, -0.2) is 39.1 Å². The molecule has 6 nitrogen and oxygen atoms in total. The lowest BCUT2D eigenvalue weighted by molar-refractivity contribution is -0.120. The summed E-state index contributed by atoms with van der Waals surface area (Å²) in [5.41, 5.74) is 2.40. The number of sulfonamides is 1. The fourth-order valence-electron chi connectivity index (χ4n) is 2.36. The second-order valence-electron chi connectivity index (χ2n) is 5.30. The molecule has 1 rings (SSSR count). The summed E-state index contributed by atoms with van der Waals surface area (Å²) in [7, 11) is -3.63. The van der Waals surface area contributed by atoms with E-state index in [9.17, 15) is 13.2 Å². The zero-order valence-corrected chi connectivity index (χ0v) is 14.1. The maximum Gasteiger partial charge on any atom is 0.241 e. The van der Waals surface area contributed by atoms with Crippen LogP contribution in [0, 0.1) is 20.8 Å². The highest BCUT2D eigenvalue weighted by Crippen LogP contribution is 2.21. The Labute approximate surface area is 132 Å². The van der Waals surface area contributed by atoms with Crippen LogP contribution >= 0.6 is 0 Å². The SMILES string of the molecule is Cc1cc(C)c(S(=O)(=O)NCCC(=O)NCCCO)c(C)c1. The number of hydrogen-bond acceptors (Lipinski definition) is 4. The Morgan fingerprint density at radius 3 is 2.27 bits per heavy atom. The molecule has 124 valence electrons. The standard InChI is InChI=1S/C15H24N2O4S/c1-11-9-12(2)15(13(3)10-11)22(20,21)17-7-5-14(19)16-6-4-8-18/h9-10,17-18H,4-8H2,1-3H3,(H,16,19). The minimum absolute atomic E-state index is 0.0128. The lowest BCUT2D eigenvalue weighted by Gasteiger charge is -2.13. The summed E-state index contributed by atoms with van der Waals surface area (Å²) in [6, 6.07) is 3.65. The molecule has 0 aromatic heterocycles. The van der Waals surface area contributed by atoms with Crippen molar-refractivity contribution in [1.29, 1.82) is 0 Å². The Bertz CT molecular complexity index is 603. The van der Waals surface area contributed by atoms with Crippen molar-refractivity contribution < 1.29 is 18.3 Å². The largest absolute Gasteiger partial charge is 0.396 e. The predicted octanol–water partition coefficient (Wildman–Crippen LogP) is 0.779. The lowest BCUT2D eigenvalue weighted by Crippen LogP contribution is -2.32. The van der Waals surface area contributed by atoms with E-state index >= 15 is 0 Å². The van der Waals surface area contributed by atoms with Gasteiger partial charge in [-0.1, -0.05) is 17.7 Å². The minimum Gasteiger partial charge on any atom is -0.396 e. The van der Waals surface area contributed by atoms with E-state index in [1.165, 1.54) is 0 Å². The summed E-state index contributed by atoms with van der Waals surface area (Å²) in [6.07, 6.45) is 0.549. The first-order chi connectivity index (χ1) is 10.3. The summed E-state index contributed by atoms with van der Waals surface area (Å²) in [4.78, 5) is 11.8. The fraction of sp³-hybridized carbons (Fsp3) is 0.533. The number of aliphatic hydroxyl groups is 1. The quantitative estimate of drug-likeness (QED) is 0.615. The number of carbonyl (C=O) groups is 1. The number of amides is 1. The molecule has 0 radical (unpaired) electrons. The summed E-state index contributed by atoms with van der Waals surface area (Å²) in [5.74, 6) is -0.242. The van der Waals surface area contributed by atoms with Crippen LogP contribution in [-0.2, 0) is 14.8 Å². The topological polar surface area (TPSA) is 95.5 Å². The maximum atomic E-state index is 12.4. The lowest BCUT2D eigenvalue weighted by atomic mass is 10.1. The Morgan fingerprint density at radius 2 is 1.73 bits per heavy atom. The van der Waals surface area contributed by atoms with Gasteiger partial charge in [-0.25, -0.2) is 13.1 Å². The molecule has 7 heteroatoms. The van der Waals surface area contributed by atoms with Crippen LogP contribution in [0.5, 0.6) is 0 Å². The molecule has 22 heavy (non-hydrogen) atoms. The monoisotopic (exact) mass is 328 g/mol. The van der Waals surface area contributed by atoms with Gasteiger partial charge in [0.1, 0.15) is 0 Å². The van der Waals surface area contributed by atoms with Gasteiger partial charge in [-0.15, -0.1) is 0 Å². The van der Waals surface area contributed by atoms with E-state index in [4.69, 9.17) is 5.11 Å². The van der Waals surface area contributed by atoms with Gasteiger partial charge in [0.25, 0.3) is 0 Å². The molecule has 3 N–H and O–H groups in total. The molecule has 0 saturated heterocycles. The third-order valence-corrected chi connectivity index (χ3v) is 4.94. The summed E-state index contributed by atoms with van der Waals surface area (Å²) in [6.45, 7) is 5.88. The molecule has 0 fully saturated rings. The molecule has 0 aliphatic heterocycles. The Hall–Kier alpha value is -1.44. The summed E-state index contributed by atoms with van der Waals surface area (Å²) < 4.78 is 27.2. The van der Waals surface area contributed by atoms with E-state index in [1.54, 1.807) is 13.8 Å². The number of carbonyl (C=O) groups excluding carboxylic acids is 1. The normalized spacial score (nSPS) is 11.5. The molecule has 0 atom stereocenters. The fourth-order valence-corrected chi connectivity index (χ4v) is 3.84. The van der Waals surface area contributed by atoms with Gasteiger partial charge in [0, 0.05) is 26.1 Å². The van der Waals surface area contributed by atoms with Crippen LogP contribution in [0.1, 0.15) is 29.5 Å². The highest BCUT2D eigenvalue weighted by Gasteiger charge is 2.19. The van der Waals surface area contributed by atoms with Crippen molar-refractivity contribution in [2.45, 2.75) is 38.5 Å². The van der Waals surface area contributed by atoms with Crippen LogP contribution in [0.2, 0.25) is 0 Å². The smallest absolute Gasteiger partial charge is 0.241 e. The second-order valence-corrected chi connectivity index (χ2v) is 7.01. The third-order valence-electron chi connectivity index (χ3n) is 3.17. The molecule has 1 aromatic rings. The first kappa shape index (κ1) is 18.6. The first-order valence-corrected chi connectivity index (χ1v) is 8.71. The van der Waals surface area contributed by atoms with Gasteiger partial charge in [0.2, 0.25) is 15.9 Å². The van der Waals surface area contributed by atoms with E-state index in [0.29, 0.717) is 24.1 Å². The van der Waals surface area contributed by atoms with E-state index in [1.807, 2.05) is 19.1 Å². The number of aryl methyl sites for hydroxylation is 3. The number of benzene rings is 1. The number of hydrogen-bond donors (Lipinski definition) is 3. The molecule has 0 spiro atoms. The van der Waals surface area contributed by atoms with Crippen molar-refractivity contribution >= 4 is 15.9 Å². The van der Waals surface area contributed by atoms with Gasteiger partial charge in [0.05, 0.1) is 4.90 Å². The van der Waals surface area contributed by atoms with Gasteiger partial charge in [-0.3, -0.25) is 4.79 Å². The van der Waals surface area contributed by atoms with E-state index in [-0.39, 0.29) is 30.4 Å². The average Bonchev–Trinajstić information content (AvgIpc) is 2.36. The number of rotatable bonds is 8. The molecule has 0 bridgehead atoms. The molecule has 1 aromatic carbocycles. The Kier molecular flexibility index (Phi) is 6.99. The number of aliphatic hydroxyl groups excluding tert-OH is 1. The van der Waals surface area contributed by atoms with Gasteiger partial charge >= 0.3 is 0 Å². The summed E-state index contributed by atoms with van der Waals surface area (Å²) in [5, 5.41) is 11.2. The van der Waals surface area contributed by atoms with Crippen molar-refractivity contribution in [2.24, 2.45) is 0 Å². The molecule has 0 aliphatic carbocycles. The van der Waals surface area contributed by atoms with Crippen LogP contribution in [0.25, 0.3) is 0 Å². The van der Waals surface area contributed by atoms with Gasteiger partial charge in [0.15, 0.2) is 0 Å². The molecule has 0 unspecified atom stereocenters. The molecular formula is C15H24N2O4S. The molecule has 0 heterocycles. The Balaban J connectivity index is 2.64. The third kappa shape index (κ3) is 5.40. The van der Waals surface area contributed by atoms with Crippen LogP contribution < -0.4 is 10.0 Å². The van der Waals surface area contributed by atoms with Crippen LogP contribution in [0.3, 0.4) is 0 Å². The van der Waals surface area contributed by atoms with Crippen LogP contribution in [0.4, 0.5) is 0 Å². The molecule has 0 saturated carbocycles. The van der Waals surface area contributed by atoms with Gasteiger partial charge in [-0.2, -0.15) is 0 Å². The van der Waals surface area contributed by atoms with E-state index in [0.717, 1.165) is 5.56 Å². The van der Waals surface area contributed by atoms with Crippen molar-refractivity contribution in [3.8, 4) is 0 Å². The van der Waals surface area contributed by atoms with E-state index < -0.39 is 10.0 Å². The average molecular weight is 328 g/mol. The van der Waals surface area contributed by atoms with Crippen LogP contribution in [0.15, 0.2) is 17.0 Å².